The van der Waals surface area contributed by atoms with E-state index in [-0.39, 0.29) is 11.9 Å². The van der Waals surface area contributed by atoms with E-state index in [1.165, 1.54) is 0 Å². The lowest BCUT2D eigenvalue weighted by Gasteiger charge is -2.15. The normalized spacial score (nSPS) is 12.0. The summed E-state index contributed by atoms with van der Waals surface area (Å²) in [6.07, 6.45) is 0. The predicted molar refractivity (Wildman–Crippen MR) is 86.1 cm³/mol. The first kappa shape index (κ1) is 15.3. The molecular weight excluding hydrogens is 260 g/mol. The molecule has 1 unspecified atom stereocenters. The van der Waals surface area contributed by atoms with Crippen LogP contribution in [0.2, 0.25) is 0 Å². The summed E-state index contributed by atoms with van der Waals surface area (Å²) in [4.78, 5) is 12.3. The number of carbonyl (C=O) groups excluding carboxylic acids is 1. The van der Waals surface area contributed by atoms with Crippen molar-refractivity contribution in [3.63, 3.8) is 0 Å². The fraction of sp³-hybridized carbons (Fsp3) is 0.278. The van der Waals surface area contributed by atoms with Crippen LogP contribution in [0.1, 0.15) is 45.6 Å². The highest BCUT2D eigenvalue weighted by molar-refractivity contribution is 5.94. The number of amides is 1. The number of nitrogens with one attached hydrogen (secondary N) is 1. The van der Waals surface area contributed by atoms with Crippen molar-refractivity contribution < 1.29 is 4.79 Å². The molecule has 0 bridgehead atoms. The van der Waals surface area contributed by atoms with Gasteiger partial charge in [0.2, 0.25) is 0 Å². The molecule has 3 N–H and O–H groups in total. The van der Waals surface area contributed by atoms with Gasteiger partial charge in [-0.05, 0) is 44.0 Å². The summed E-state index contributed by atoms with van der Waals surface area (Å²) in [7, 11) is 0. The maximum atomic E-state index is 12.3. The summed E-state index contributed by atoms with van der Waals surface area (Å²) in [6.45, 7) is 6.51. The Morgan fingerprint density at radius 3 is 2.19 bits per heavy atom. The Labute approximate surface area is 126 Å². The maximum absolute atomic E-state index is 12.3. The van der Waals surface area contributed by atoms with Gasteiger partial charge in [-0.25, -0.2) is 0 Å². The number of hydrogen-bond donors (Lipinski definition) is 2. The van der Waals surface area contributed by atoms with Crippen LogP contribution in [-0.2, 0) is 6.54 Å². The van der Waals surface area contributed by atoms with Gasteiger partial charge < -0.3 is 11.1 Å². The Kier molecular flexibility index (Phi) is 4.76. The number of carbonyl (C=O) groups is 1. The summed E-state index contributed by atoms with van der Waals surface area (Å²) in [5, 5.41) is 3.03. The predicted octanol–water partition coefficient (Wildman–Crippen LogP) is 3.25. The van der Waals surface area contributed by atoms with Gasteiger partial charge in [0.1, 0.15) is 0 Å². The van der Waals surface area contributed by atoms with E-state index in [4.69, 9.17) is 5.73 Å². The van der Waals surface area contributed by atoms with Crippen molar-refractivity contribution in [1.82, 2.24) is 5.32 Å². The summed E-state index contributed by atoms with van der Waals surface area (Å²) >= 11 is 0. The molecule has 21 heavy (non-hydrogen) atoms. The largest absolute Gasteiger partial charge is 0.346 e. The first-order valence-corrected chi connectivity index (χ1v) is 7.17. The van der Waals surface area contributed by atoms with Gasteiger partial charge in [0.25, 0.3) is 5.91 Å². The standard InChI is InChI=1S/C18H22N2O/c1-12-8-13(2)10-17(9-12)18(21)20-14(3)16-6-4-15(11-19)5-7-16/h4-10,14H,11,19H2,1-3H3,(H,20,21). The minimum atomic E-state index is -0.0443. The quantitative estimate of drug-likeness (QED) is 0.904. The summed E-state index contributed by atoms with van der Waals surface area (Å²) in [5.41, 5.74) is 10.7. The van der Waals surface area contributed by atoms with E-state index in [1.807, 2.05) is 57.2 Å². The fourth-order valence-corrected chi connectivity index (χ4v) is 2.41. The molecule has 0 saturated carbocycles. The van der Waals surface area contributed by atoms with E-state index < -0.39 is 0 Å². The number of rotatable bonds is 4. The molecule has 110 valence electrons. The van der Waals surface area contributed by atoms with Crippen LogP contribution in [0, 0.1) is 13.8 Å². The Morgan fingerprint density at radius 2 is 1.67 bits per heavy atom. The van der Waals surface area contributed by atoms with Crippen molar-refractivity contribution in [3.8, 4) is 0 Å². The van der Waals surface area contributed by atoms with Crippen LogP contribution in [0.25, 0.3) is 0 Å². The molecule has 0 aliphatic carbocycles. The van der Waals surface area contributed by atoms with Crippen LogP contribution < -0.4 is 11.1 Å². The van der Waals surface area contributed by atoms with E-state index in [0.29, 0.717) is 12.1 Å². The Balaban J connectivity index is 2.10. The lowest BCUT2D eigenvalue weighted by atomic mass is 10.0. The van der Waals surface area contributed by atoms with Crippen LogP contribution in [0.4, 0.5) is 0 Å². The van der Waals surface area contributed by atoms with Gasteiger partial charge in [-0.15, -0.1) is 0 Å². The number of aryl methyl sites for hydroxylation is 2. The highest BCUT2D eigenvalue weighted by Crippen LogP contribution is 2.15. The second kappa shape index (κ2) is 6.55. The third-order valence-corrected chi connectivity index (χ3v) is 3.55. The molecular formula is C18H22N2O. The molecule has 1 atom stereocenters. The van der Waals surface area contributed by atoms with Crippen LogP contribution in [0.15, 0.2) is 42.5 Å². The minimum absolute atomic E-state index is 0.0369. The lowest BCUT2D eigenvalue weighted by Crippen LogP contribution is -2.26. The SMILES string of the molecule is Cc1cc(C)cc(C(=O)NC(C)c2ccc(CN)cc2)c1. The minimum Gasteiger partial charge on any atom is -0.346 e. The maximum Gasteiger partial charge on any atom is 0.251 e. The van der Waals surface area contributed by atoms with Crippen molar-refractivity contribution in [2.45, 2.75) is 33.4 Å². The zero-order valence-electron chi connectivity index (χ0n) is 12.8. The van der Waals surface area contributed by atoms with Crippen LogP contribution >= 0.6 is 0 Å². The molecule has 2 aromatic rings. The fourth-order valence-electron chi connectivity index (χ4n) is 2.41. The molecule has 2 rings (SSSR count). The first-order chi connectivity index (χ1) is 9.99. The van der Waals surface area contributed by atoms with E-state index in [1.54, 1.807) is 0 Å². The molecule has 0 fully saturated rings. The molecule has 2 aromatic carbocycles. The van der Waals surface area contributed by atoms with Gasteiger partial charge in [0.05, 0.1) is 6.04 Å². The molecule has 0 heterocycles. The number of hydrogen-bond acceptors (Lipinski definition) is 2. The van der Waals surface area contributed by atoms with Crippen molar-refractivity contribution in [2.24, 2.45) is 5.73 Å². The van der Waals surface area contributed by atoms with Gasteiger partial charge >= 0.3 is 0 Å². The van der Waals surface area contributed by atoms with Crippen molar-refractivity contribution in [2.75, 3.05) is 0 Å². The van der Waals surface area contributed by atoms with E-state index in [0.717, 1.165) is 22.3 Å². The Bertz CT molecular complexity index is 612. The summed E-state index contributed by atoms with van der Waals surface area (Å²) in [6, 6.07) is 13.8. The number of benzene rings is 2. The Morgan fingerprint density at radius 1 is 1.10 bits per heavy atom. The third kappa shape index (κ3) is 3.92. The second-order valence-electron chi connectivity index (χ2n) is 5.52. The van der Waals surface area contributed by atoms with Gasteiger partial charge in [-0.1, -0.05) is 41.5 Å². The highest BCUT2D eigenvalue weighted by atomic mass is 16.1. The van der Waals surface area contributed by atoms with Crippen LogP contribution in [0.3, 0.4) is 0 Å². The average molecular weight is 282 g/mol. The molecule has 3 nitrogen and oxygen atoms in total. The second-order valence-corrected chi connectivity index (χ2v) is 5.52. The van der Waals surface area contributed by atoms with E-state index in [2.05, 4.69) is 11.4 Å². The third-order valence-electron chi connectivity index (χ3n) is 3.55. The van der Waals surface area contributed by atoms with Gasteiger partial charge in [0.15, 0.2) is 0 Å². The average Bonchev–Trinajstić information content (AvgIpc) is 2.46. The smallest absolute Gasteiger partial charge is 0.251 e. The lowest BCUT2D eigenvalue weighted by molar-refractivity contribution is 0.0939. The monoisotopic (exact) mass is 282 g/mol. The molecule has 0 spiro atoms. The van der Waals surface area contributed by atoms with E-state index in [9.17, 15) is 4.79 Å². The number of nitrogens with two attached hydrogens (primary N) is 1. The molecule has 1 amide bonds. The van der Waals surface area contributed by atoms with Crippen molar-refractivity contribution >= 4 is 5.91 Å². The van der Waals surface area contributed by atoms with E-state index >= 15 is 0 Å². The zero-order chi connectivity index (χ0) is 15.4. The molecule has 0 radical (unpaired) electrons. The van der Waals surface area contributed by atoms with Crippen molar-refractivity contribution in [3.05, 3.63) is 70.3 Å². The molecule has 0 aliphatic heterocycles. The van der Waals surface area contributed by atoms with Crippen molar-refractivity contribution in [1.29, 1.82) is 0 Å². The molecule has 3 heteroatoms. The van der Waals surface area contributed by atoms with Crippen LogP contribution in [0.5, 0.6) is 0 Å². The van der Waals surface area contributed by atoms with Crippen LogP contribution in [-0.4, -0.2) is 5.91 Å². The molecule has 0 aromatic heterocycles. The van der Waals surface area contributed by atoms with Gasteiger partial charge in [-0.2, -0.15) is 0 Å². The Hall–Kier alpha value is -2.13. The summed E-state index contributed by atoms with van der Waals surface area (Å²) < 4.78 is 0. The highest BCUT2D eigenvalue weighted by Gasteiger charge is 2.12. The molecule has 0 saturated heterocycles. The first-order valence-electron chi connectivity index (χ1n) is 7.17. The summed E-state index contributed by atoms with van der Waals surface area (Å²) in [5.74, 6) is -0.0443. The molecule has 0 aliphatic rings. The zero-order valence-corrected chi connectivity index (χ0v) is 12.8. The van der Waals surface area contributed by atoms with Gasteiger partial charge in [-0.3, -0.25) is 4.79 Å². The topological polar surface area (TPSA) is 55.1 Å². The van der Waals surface area contributed by atoms with Gasteiger partial charge in [0, 0.05) is 12.1 Å².